The van der Waals surface area contributed by atoms with Gasteiger partial charge >= 0.3 is 0 Å². The molecule has 1 nitrogen and oxygen atoms in total. The van der Waals surface area contributed by atoms with E-state index in [4.69, 9.17) is 0 Å². The van der Waals surface area contributed by atoms with Crippen molar-refractivity contribution in [3.05, 3.63) is 35.4 Å². The first-order valence-electron chi connectivity index (χ1n) is 7.39. The molecule has 2 unspecified atom stereocenters. The second-order valence-electron chi connectivity index (χ2n) is 6.07. The zero-order valence-corrected chi connectivity index (χ0v) is 11.9. The van der Waals surface area contributed by atoms with Crippen LogP contribution in [0.2, 0.25) is 0 Å². The summed E-state index contributed by atoms with van der Waals surface area (Å²) in [5.41, 5.74) is 1.87. The van der Waals surface area contributed by atoms with E-state index in [9.17, 15) is 5.11 Å². The van der Waals surface area contributed by atoms with Gasteiger partial charge in [-0.05, 0) is 42.2 Å². The van der Waals surface area contributed by atoms with Gasteiger partial charge in [-0.1, -0.05) is 57.9 Å². The van der Waals surface area contributed by atoms with E-state index in [2.05, 4.69) is 45.0 Å². The summed E-state index contributed by atoms with van der Waals surface area (Å²) >= 11 is 0. The fourth-order valence-electron chi connectivity index (χ4n) is 3.46. The number of aliphatic hydroxyl groups is 1. The monoisotopic (exact) mass is 246 g/mol. The standard InChI is InChI=1S/C17H26O/c1-4-14-8-10-15(11-9-14)17(18)12-6-5-7-16(17)13(2)3/h8-11,13,16,18H,4-7,12H2,1-3H3. The fourth-order valence-corrected chi connectivity index (χ4v) is 3.46. The summed E-state index contributed by atoms with van der Waals surface area (Å²) in [5.74, 6) is 0.944. The number of aryl methyl sites for hydroxylation is 1. The average molecular weight is 246 g/mol. The van der Waals surface area contributed by atoms with Gasteiger partial charge in [-0.2, -0.15) is 0 Å². The van der Waals surface area contributed by atoms with Crippen molar-refractivity contribution in [1.82, 2.24) is 0 Å². The predicted molar refractivity (Wildman–Crippen MR) is 76.5 cm³/mol. The van der Waals surface area contributed by atoms with Crippen LogP contribution in [0.15, 0.2) is 24.3 Å². The largest absolute Gasteiger partial charge is 0.385 e. The molecular formula is C17H26O. The molecule has 1 fully saturated rings. The second kappa shape index (κ2) is 5.44. The van der Waals surface area contributed by atoms with Crippen LogP contribution in [0.5, 0.6) is 0 Å². The molecule has 0 aliphatic heterocycles. The van der Waals surface area contributed by atoms with Gasteiger partial charge in [0, 0.05) is 0 Å². The minimum absolute atomic E-state index is 0.402. The van der Waals surface area contributed by atoms with E-state index in [0.29, 0.717) is 11.8 Å². The number of hydrogen-bond donors (Lipinski definition) is 1. The van der Waals surface area contributed by atoms with Gasteiger partial charge in [0.1, 0.15) is 0 Å². The van der Waals surface area contributed by atoms with E-state index in [-0.39, 0.29) is 0 Å². The molecule has 0 spiro atoms. The lowest BCUT2D eigenvalue weighted by Crippen LogP contribution is -2.40. The molecule has 18 heavy (non-hydrogen) atoms. The van der Waals surface area contributed by atoms with Crippen LogP contribution < -0.4 is 0 Å². The third-order valence-corrected chi connectivity index (χ3v) is 4.60. The Kier molecular flexibility index (Phi) is 4.11. The quantitative estimate of drug-likeness (QED) is 0.844. The van der Waals surface area contributed by atoms with Gasteiger partial charge in [-0.25, -0.2) is 0 Å². The maximum Gasteiger partial charge on any atom is 0.0927 e. The summed E-state index contributed by atoms with van der Waals surface area (Å²) in [5, 5.41) is 11.1. The predicted octanol–water partition coefficient (Wildman–Crippen LogP) is 4.28. The average Bonchev–Trinajstić information content (AvgIpc) is 2.39. The van der Waals surface area contributed by atoms with Crippen molar-refractivity contribution in [3.63, 3.8) is 0 Å². The summed E-state index contributed by atoms with van der Waals surface area (Å²) in [6.07, 6.45) is 5.55. The van der Waals surface area contributed by atoms with E-state index in [0.717, 1.165) is 31.2 Å². The number of hydrogen-bond acceptors (Lipinski definition) is 1. The van der Waals surface area contributed by atoms with E-state index in [1.165, 1.54) is 12.0 Å². The molecule has 1 aliphatic carbocycles. The Morgan fingerprint density at radius 2 is 1.89 bits per heavy atom. The van der Waals surface area contributed by atoms with E-state index in [1.807, 2.05) is 0 Å². The van der Waals surface area contributed by atoms with Gasteiger partial charge in [0.05, 0.1) is 5.60 Å². The highest BCUT2D eigenvalue weighted by Crippen LogP contribution is 2.45. The van der Waals surface area contributed by atoms with Gasteiger partial charge in [0.15, 0.2) is 0 Å². The minimum atomic E-state index is -0.599. The molecule has 0 aromatic heterocycles. The molecule has 0 radical (unpaired) electrons. The maximum absolute atomic E-state index is 11.1. The normalized spacial score (nSPS) is 28.6. The molecule has 0 heterocycles. The van der Waals surface area contributed by atoms with Crippen molar-refractivity contribution in [3.8, 4) is 0 Å². The summed E-state index contributed by atoms with van der Waals surface area (Å²) in [6, 6.07) is 8.61. The first-order valence-corrected chi connectivity index (χ1v) is 7.39. The van der Waals surface area contributed by atoms with Crippen molar-refractivity contribution in [2.24, 2.45) is 11.8 Å². The Morgan fingerprint density at radius 1 is 1.22 bits per heavy atom. The van der Waals surface area contributed by atoms with Gasteiger partial charge in [-0.15, -0.1) is 0 Å². The van der Waals surface area contributed by atoms with Crippen molar-refractivity contribution >= 4 is 0 Å². The van der Waals surface area contributed by atoms with Crippen molar-refractivity contribution in [2.75, 3.05) is 0 Å². The van der Waals surface area contributed by atoms with Crippen LogP contribution in [0.3, 0.4) is 0 Å². The molecule has 0 bridgehead atoms. The van der Waals surface area contributed by atoms with E-state index >= 15 is 0 Å². The Bertz CT molecular complexity index is 379. The molecule has 0 saturated heterocycles. The number of rotatable bonds is 3. The van der Waals surface area contributed by atoms with Crippen LogP contribution in [0.1, 0.15) is 57.6 Å². The minimum Gasteiger partial charge on any atom is -0.385 e. The molecule has 1 heteroatoms. The van der Waals surface area contributed by atoms with Gasteiger partial charge in [0.2, 0.25) is 0 Å². The van der Waals surface area contributed by atoms with Crippen molar-refractivity contribution < 1.29 is 5.11 Å². The van der Waals surface area contributed by atoms with Crippen LogP contribution in [0.25, 0.3) is 0 Å². The molecule has 1 N–H and O–H groups in total. The topological polar surface area (TPSA) is 20.2 Å². The Hall–Kier alpha value is -0.820. The zero-order valence-electron chi connectivity index (χ0n) is 11.9. The molecule has 1 aromatic carbocycles. The molecule has 100 valence electrons. The lowest BCUT2D eigenvalue weighted by Gasteiger charge is -2.42. The summed E-state index contributed by atoms with van der Waals surface area (Å²) in [6.45, 7) is 6.64. The van der Waals surface area contributed by atoms with Gasteiger partial charge in [-0.3, -0.25) is 0 Å². The molecule has 1 aliphatic rings. The van der Waals surface area contributed by atoms with Crippen molar-refractivity contribution in [2.45, 2.75) is 58.5 Å². The van der Waals surface area contributed by atoms with Gasteiger partial charge < -0.3 is 5.11 Å². The lowest BCUT2D eigenvalue weighted by molar-refractivity contribution is -0.0721. The maximum atomic E-state index is 11.1. The Morgan fingerprint density at radius 3 is 2.44 bits per heavy atom. The highest BCUT2D eigenvalue weighted by molar-refractivity contribution is 5.28. The first kappa shape index (κ1) is 13.6. The third kappa shape index (κ3) is 2.47. The highest BCUT2D eigenvalue weighted by Gasteiger charge is 2.41. The molecule has 0 amide bonds. The molecule has 1 aromatic rings. The zero-order chi connectivity index (χ0) is 13.2. The molecule has 2 rings (SSSR count). The molecule has 2 atom stereocenters. The van der Waals surface area contributed by atoms with Crippen LogP contribution in [0, 0.1) is 11.8 Å². The Labute approximate surface area is 111 Å². The van der Waals surface area contributed by atoms with Crippen molar-refractivity contribution in [1.29, 1.82) is 0 Å². The van der Waals surface area contributed by atoms with Crippen LogP contribution in [-0.4, -0.2) is 5.11 Å². The molecular weight excluding hydrogens is 220 g/mol. The first-order chi connectivity index (χ1) is 8.58. The van der Waals surface area contributed by atoms with E-state index in [1.54, 1.807) is 0 Å². The Balaban J connectivity index is 2.31. The summed E-state index contributed by atoms with van der Waals surface area (Å²) < 4.78 is 0. The van der Waals surface area contributed by atoms with Crippen LogP contribution in [0.4, 0.5) is 0 Å². The highest BCUT2D eigenvalue weighted by atomic mass is 16.3. The lowest BCUT2D eigenvalue weighted by atomic mass is 9.67. The van der Waals surface area contributed by atoms with Gasteiger partial charge in [0.25, 0.3) is 0 Å². The van der Waals surface area contributed by atoms with Crippen LogP contribution in [-0.2, 0) is 12.0 Å². The smallest absolute Gasteiger partial charge is 0.0927 e. The number of benzene rings is 1. The van der Waals surface area contributed by atoms with E-state index < -0.39 is 5.60 Å². The summed E-state index contributed by atoms with van der Waals surface area (Å²) in [4.78, 5) is 0. The fraction of sp³-hybridized carbons (Fsp3) is 0.647. The van der Waals surface area contributed by atoms with Crippen LogP contribution >= 0.6 is 0 Å². The summed E-state index contributed by atoms with van der Waals surface area (Å²) in [7, 11) is 0. The second-order valence-corrected chi connectivity index (χ2v) is 6.07. The SMILES string of the molecule is CCc1ccc(C2(O)CCCCC2C(C)C)cc1. The molecule has 1 saturated carbocycles. The third-order valence-electron chi connectivity index (χ3n) is 4.60.